The fourth-order valence-electron chi connectivity index (χ4n) is 2.06. The van der Waals surface area contributed by atoms with E-state index in [0.29, 0.717) is 0 Å². The van der Waals surface area contributed by atoms with Gasteiger partial charge < -0.3 is 0 Å². The topological polar surface area (TPSA) is 0 Å². The summed E-state index contributed by atoms with van der Waals surface area (Å²) >= 11 is 0. The minimum absolute atomic E-state index is 1.14. The van der Waals surface area contributed by atoms with Gasteiger partial charge in [-0.25, -0.2) is 0 Å². The van der Waals surface area contributed by atoms with Gasteiger partial charge in [0.25, 0.3) is 0 Å². The quantitative estimate of drug-likeness (QED) is 0.558. The molecule has 0 saturated carbocycles. The lowest BCUT2D eigenvalue weighted by Gasteiger charge is -2.01. The molecule has 3 aromatic rings. The molecule has 0 aliphatic heterocycles. The lowest BCUT2D eigenvalue weighted by Crippen LogP contribution is -1.79. The average molecular weight is 229 g/mol. The normalized spacial score (nSPS) is 11.1. The van der Waals surface area contributed by atoms with Crippen LogP contribution in [0.2, 0.25) is 0 Å². The first kappa shape index (κ1) is 10.8. The fourth-order valence-corrected chi connectivity index (χ4v) is 2.06. The van der Waals surface area contributed by atoms with Crippen molar-refractivity contribution in [1.82, 2.24) is 0 Å². The number of rotatable bonds is 2. The molecule has 85 valence electrons. The van der Waals surface area contributed by atoms with E-state index < -0.39 is 0 Å². The van der Waals surface area contributed by atoms with Crippen molar-refractivity contribution in [3.8, 4) is 0 Å². The van der Waals surface area contributed by atoms with Crippen molar-refractivity contribution in [3.63, 3.8) is 0 Å². The van der Waals surface area contributed by atoms with Gasteiger partial charge in [0.05, 0.1) is 0 Å². The van der Waals surface area contributed by atoms with Crippen molar-refractivity contribution in [2.24, 2.45) is 0 Å². The molecule has 0 unspecified atom stereocenters. The molecule has 0 amide bonds. The van der Waals surface area contributed by atoms with Crippen molar-refractivity contribution in [1.29, 1.82) is 0 Å². The van der Waals surface area contributed by atoms with E-state index >= 15 is 0 Å². The second-order valence-corrected chi connectivity index (χ2v) is 4.23. The summed E-state index contributed by atoms with van der Waals surface area (Å²) in [5, 5.41) is 2.50. The van der Waals surface area contributed by atoms with E-state index in [1.54, 1.807) is 0 Å². The maximum Gasteiger partial charge on any atom is -0.00928 e. The Morgan fingerprint density at radius 2 is 1.39 bits per heavy atom. The number of hydrogen-bond donors (Lipinski definition) is 0. The molecule has 0 heteroatoms. The molecule has 3 aromatic carbocycles. The molecule has 0 bridgehead atoms. The molecular formula is C18H13. The average Bonchev–Trinajstić information content (AvgIpc) is 2.46. The van der Waals surface area contributed by atoms with Gasteiger partial charge in [0.2, 0.25) is 0 Å². The number of benzene rings is 3. The first-order chi connectivity index (χ1) is 8.93. The number of hydrogen-bond acceptors (Lipinski definition) is 0. The first-order valence-electron chi connectivity index (χ1n) is 6.06. The predicted octanol–water partition coefficient (Wildman–Crippen LogP) is 4.70. The highest BCUT2D eigenvalue weighted by molar-refractivity contribution is 5.87. The standard InChI is InChI=1S/C18H13/c1-2-7-15(8-3-1)13-14-17-11-6-10-16-9-4-5-12-18(16)17/h1-13H. The van der Waals surface area contributed by atoms with Crippen LogP contribution in [0.4, 0.5) is 0 Å². The SMILES string of the molecule is [C](=Cc1ccccc1)c1cccc2ccccc12. The summed E-state index contributed by atoms with van der Waals surface area (Å²) in [6, 6.07) is 25.0. The van der Waals surface area contributed by atoms with E-state index in [-0.39, 0.29) is 0 Å². The Bertz CT molecular complexity index is 673. The highest BCUT2D eigenvalue weighted by Crippen LogP contribution is 2.19. The fraction of sp³-hybridized carbons (Fsp3) is 0. The summed E-state index contributed by atoms with van der Waals surface area (Å²) in [7, 11) is 0. The Kier molecular flexibility index (Phi) is 2.93. The van der Waals surface area contributed by atoms with Crippen LogP contribution in [-0.2, 0) is 0 Å². The van der Waals surface area contributed by atoms with Gasteiger partial charge in [0, 0.05) is 0 Å². The Labute approximate surface area is 107 Å². The van der Waals surface area contributed by atoms with Crippen LogP contribution in [0.1, 0.15) is 11.1 Å². The molecule has 0 atom stereocenters. The van der Waals surface area contributed by atoms with E-state index in [1.807, 2.05) is 24.3 Å². The molecule has 0 N–H and O–H groups in total. The first-order valence-corrected chi connectivity index (χ1v) is 6.06. The van der Waals surface area contributed by atoms with Crippen LogP contribution in [0.3, 0.4) is 0 Å². The van der Waals surface area contributed by atoms with Crippen LogP contribution in [0, 0.1) is 6.08 Å². The Balaban J connectivity index is 2.03. The molecule has 0 saturated heterocycles. The monoisotopic (exact) mass is 229 g/mol. The van der Waals surface area contributed by atoms with Crippen molar-refractivity contribution in [3.05, 3.63) is 90.0 Å². The summed E-state index contributed by atoms with van der Waals surface area (Å²) < 4.78 is 0. The lowest BCUT2D eigenvalue weighted by atomic mass is 10.0. The summed E-state index contributed by atoms with van der Waals surface area (Å²) in [6.07, 6.45) is 5.41. The van der Waals surface area contributed by atoms with Crippen LogP contribution in [0.15, 0.2) is 72.8 Å². The minimum Gasteiger partial charge on any atom is -0.0622 e. The Morgan fingerprint density at radius 3 is 2.28 bits per heavy atom. The van der Waals surface area contributed by atoms with Gasteiger partial charge in [-0.2, -0.15) is 0 Å². The van der Waals surface area contributed by atoms with Gasteiger partial charge in [-0.15, -0.1) is 0 Å². The van der Waals surface area contributed by atoms with Crippen LogP contribution in [-0.4, -0.2) is 0 Å². The molecule has 0 spiro atoms. The Morgan fingerprint density at radius 1 is 0.667 bits per heavy atom. The molecule has 0 fully saturated rings. The van der Waals surface area contributed by atoms with Crippen LogP contribution < -0.4 is 0 Å². The van der Waals surface area contributed by atoms with Crippen molar-refractivity contribution in [2.75, 3.05) is 0 Å². The maximum absolute atomic E-state index is 3.38. The zero-order valence-electron chi connectivity index (χ0n) is 10.0. The van der Waals surface area contributed by atoms with Crippen LogP contribution >= 0.6 is 0 Å². The second-order valence-electron chi connectivity index (χ2n) is 4.23. The molecule has 0 aliphatic carbocycles. The van der Waals surface area contributed by atoms with Crippen molar-refractivity contribution >= 4 is 16.8 Å². The molecule has 3 rings (SSSR count). The summed E-state index contributed by atoms with van der Waals surface area (Å²) in [6.45, 7) is 0. The molecule has 0 nitrogen and oxygen atoms in total. The minimum atomic E-state index is 1.14. The zero-order valence-corrected chi connectivity index (χ0v) is 10.0. The molecular weight excluding hydrogens is 216 g/mol. The molecule has 0 aliphatic rings. The Hall–Kier alpha value is -2.34. The largest absolute Gasteiger partial charge is 0.0622 e. The van der Waals surface area contributed by atoms with Crippen molar-refractivity contribution in [2.45, 2.75) is 0 Å². The van der Waals surface area contributed by atoms with E-state index in [4.69, 9.17) is 0 Å². The van der Waals surface area contributed by atoms with Crippen molar-refractivity contribution < 1.29 is 0 Å². The van der Waals surface area contributed by atoms with E-state index in [9.17, 15) is 0 Å². The van der Waals surface area contributed by atoms with Gasteiger partial charge in [0.1, 0.15) is 0 Å². The summed E-state index contributed by atoms with van der Waals surface area (Å²) in [5.74, 6) is 0. The highest BCUT2D eigenvalue weighted by Gasteiger charge is 1.96. The molecule has 18 heavy (non-hydrogen) atoms. The van der Waals surface area contributed by atoms with Crippen LogP contribution in [0.25, 0.3) is 16.8 Å². The third kappa shape index (κ3) is 2.18. The third-order valence-electron chi connectivity index (χ3n) is 2.98. The van der Waals surface area contributed by atoms with Gasteiger partial charge in [-0.1, -0.05) is 72.8 Å². The summed E-state index contributed by atoms with van der Waals surface area (Å²) in [5.41, 5.74) is 2.31. The molecule has 0 aromatic heterocycles. The smallest absolute Gasteiger partial charge is 0.00928 e. The van der Waals surface area contributed by atoms with E-state index in [0.717, 1.165) is 5.56 Å². The van der Waals surface area contributed by atoms with Gasteiger partial charge >= 0.3 is 0 Å². The molecule has 0 heterocycles. The zero-order chi connectivity index (χ0) is 12.2. The van der Waals surface area contributed by atoms with Gasteiger partial charge in [0.15, 0.2) is 0 Å². The molecule has 1 radical (unpaired) electrons. The summed E-state index contributed by atoms with van der Waals surface area (Å²) in [4.78, 5) is 0. The number of fused-ring (bicyclic) bond motifs is 1. The van der Waals surface area contributed by atoms with Crippen LogP contribution in [0.5, 0.6) is 0 Å². The lowest BCUT2D eigenvalue weighted by molar-refractivity contribution is 1.61. The van der Waals surface area contributed by atoms with Gasteiger partial charge in [-0.05, 0) is 34.1 Å². The third-order valence-corrected chi connectivity index (χ3v) is 2.98. The van der Waals surface area contributed by atoms with E-state index in [2.05, 4.69) is 60.7 Å². The predicted molar refractivity (Wildman–Crippen MR) is 77.2 cm³/mol. The highest BCUT2D eigenvalue weighted by atomic mass is 14.0. The van der Waals surface area contributed by atoms with Gasteiger partial charge in [-0.3, -0.25) is 0 Å². The van der Waals surface area contributed by atoms with E-state index in [1.165, 1.54) is 16.3 Å². The maximum atomic E-state index is 3.38. The second kappa shape index (κ2) is 4.89.